The molecular formula is C12H18N2O2. The zero-order valence-corrected chi connectivity index (χ0v) is 9.99. The number of carbonyl (C=O) groups is 2. The molecule has 2 N–H and O–H groups in total. The van der Waals surface area contributed by atoms with Crippen LogP contribution in [0.1, 0.15) is 19.8 Å². The van der Waals surface area contributed by atoms with E-state index in [1.54, 1.807) is 32.1 Å². The normalized spacial score (nSPS) is 17.2. The van der Waals surface area contributed by atoms with Gasteiger partial charge in [0, 0.05) is 38.0 Å². The minimum atomic E-state index is -0.300. The van der Waals surface area contributed by atoms with Crippen LogP contribution in [-0.4, -0.2) is 30.6 Å². The molecule has 1 fully saturated rings. The molecule has 0 atom stereocenters. The van der Waals surface area contributed by atoms with Gasteiger partial charge in [0.2, 0.25) is 0 Å². The van der Waals surface area contributed by atoms with E-state index in [2.05, 4.69) is 0 Å². The quantitative estimate of drug-likeness (QED) is 0.425. The largest absolute Gasteiger partial charge is 0.402 e. The summed E-state index contributed by atoms with van der Waals surface area (Å²) in [4.78, 5) is 25.4. The molecule has 88 valence electrons. The van der Waals surface area contributed by atoms with Gasteiger partial charge in [-0.2, -0.15) is 0 Å². The molecule has 0 unspecified atom stereocenters. The fourth-order valence-corrected chi connectivity index (χ4v) is 1.36. The van der Waals surface area contributed by atoms with E-state index in [1.165, 1.54) is 6.08 Å². The molecular weight excluding hydrogens is 204 g/mol. The van der Waals surface area contributed by atoms with Gasteiger partial charge >= 0.3 is 0 Å². The van der Waals surface area contributed by atoms with Crippen LogP contribution >= 0.6 is 0 Å². The Morgan fingerprint density at radius 1 is 1.31 bits per heavy atom. The van der Waals surface area contributed by atoms with Crippen LogP contribution in [0.15, 0.2) is 23.5 Å². The van der Waals surface area contributed by atoms with Crippen molar-refractivity contribution in [2.45, 2.75) is 19.8 Å². The summed E-state index contributed by atoms with van der Waals surface area (Å²) in [7, 11) is 3.57. The molecule has 0 saturated heterocycles. The number of Topliss-reactive ketones (excluding diaryl/α,β-unsaturated/α-hetero) is 1. The summed E-state index contributed by atoms with van der Waals surface area (Å²) in [5.74, 6) is -0.316. The molecule has 0 bridgehead atoms. The number of rotatable bonds is 5. The van der Waals surface area contributed by atoms with Gasteiger partial charge in [-0.1, -0.05) is 0 Å². The lowest BCUT2D eigenvalue weighted by atomic mass is 10.0. The molecule has 1 saturated carbocycles. The van der Waals surface area contributed by atoms with E-state index in [0.717, 1.165) is 12.8 Å². The van der Waals surface area contributed by atoms with Gasteiger partial charge in [-0.05, 0) is 19.8 Å². The summed E-state index contributed by atoms with van der Waals surface area (Å²) in [5, 5.41) is 0. The number of ketones is 2. The van der Waals surface area contributed by atoms with Crippen LogP contribution < -0.4 is 5.73 Å². The van der Waals surface area contributed by atoms with Crippen LogP contribution in [0.5, 0.6) is 0 Å². The lowest BCUT2D eigenvalue weighted by Gasteiger charge is -2.08. The van der Waals surface area contributed by atoms with E-state index in [4.69, 9.17) is 5.73 Å². The summed E-state index contributed by atoms with van der Waals surface area (Å²) in [6.07, 6.45) is 4.66. The highest BCUT2D eigenvalue weighted by molar-refractivity contribution is 6.25. The number of hydrogen-bond donors (Lipinski definition) is 1. The lowest BCUT2D eigenvalue weighted by Crippen LogP contribution is -2.17. The molecule has 4 nitrogen and oxygen atoms in total. The minimum absolute atomic E-state index is 0.0432. The van der Waals surface area contributed by atoms with Crippen LogP contribution in [0, 0.1) is 5.92 Å². The van der Waals surface area contributed by atoms with E-state index < -0.39 is 0 Å². The third-order valence-electron chi connectivity index (χ3n) is 2.23. The van der Waals surface area contributed by atoms with E-state index in [0.29, 0.717) is 5.70 Å². The predicted octanol–water partition coefficient (Wildman–Crippen LogP) is 0.843. The maximum absolute atomic E-state index is 11.9. The Balaban J connectivity index is 2.91. The first-order chi connectivity index (χ1) is 7.41. The van der Waals surface area contributed by atoms with Crippen molar-refractivity contribution in [3.8, 4) is 0 Å². The van der Waals surface area contributed by atoms with Gasteiger partial charge in [-0.15, -0.1) is 0 Å². The fraction of sp³-hybridized carbons (Fsp3) is 0.500. The second kappa shape index (κ2) is 4.96. The summed E-state index contributed by atoms with van der Waals surface area (Å²) in [6.45, 7) is 1.63. The van der Waals surface area contributed by atoms with Crippen LogP contribution in [0.4, 0.5) is 0 Å². The number of carbonyl (C=O) groups excluding carboxylic acids is 2. The first-order valence-electron chi connectivity index (χ1n) is 5.32. The molecule has 0 aliphatic heterocycles. The molecule has 0 radical (unpaired) electrons. The molecule has 1 aliphatic carbocycles. The number of hydrogen-bond acceptors (Lipinski definition) is 4. The zero-order valence-electron chi connectivity index (χ0n) is 9.99. The van der Waals surface area contributed by atoms with Gasteiger partial charge in [0.15, 0.2) is 11.6 Å². The molecule has 0 spiro atoms. The van der Waals surface area contributed by atoms with Crippen molar-refractivity contribution in [1.29, 1.82) is 0 Å². The molecule has 0 heterocycles. The third kappa shape index (κ3) is 3.53. The molecule has 0 aromatic carbocycles. The summed E-state index contributed by atoms with van der Waals surface area (Å²) >= 11 is 0. The third-order valence-corrected chi connectivity index (χ3v) is 2.23. The molecule has 16 heavy (non-hydrogen) atoms. The lowest BCUT2D eigenvalue weighted by molar-refractivity contribution is -0.120. The van der Waals surface area contributed by atoms with E-state index in [1.807, 2.05) is 0 Å². The van der Waals surface area contributed by atoms with Crippen molar-refractivity contribution in [1.82, 2.24) is 4.90 Å². The number of nitrogens with zero attached hydrogens (tertiary/aromatic N) is 1. The van der Waals surface area contributed by atoms with E-state index in [9.17, 15) is 9.59 Å². The second-order valence-electron chi connectivity index (χ2n) is 4.40. The van der Waals surface area contributed by atoms with E-state index in [-0.39, 0.29) is 23.1 Å². The highest BCUT2D eigenvalue weighted by Gasteiger charge is 2.33. The smallest absolute Gasteiger partial charge is 0.192 e. The highest BCUT2D eigenvalue weighted by Crippen LogP contribution is 2.32. The summed E-state index contributed by atoms with van der Waals surface area (Å²) in [6, 6.07) is 0. The summed E-state index contributed by atoms with van der Waals surface area (Å²) in [5.41, 5.74) is 6.09. The highest BCUT2D eigenvalue weighted by atomic mass is 16.1. The Morgan fingerprint density at radius 3 is 2.25 bits per heavy atom. The molecule has 0 aromatic heterocycles. The number of allylic oxidation sites excluding steroid dienone is 3. The van der Waals surface area contributed by atoms with E-state index >= 15 is 0 Å². The minimum Gasteiger partial charge on any atom is -0.402 e. The van der Waals surface area contributed by atoms with Crippen LogP contribution in [0.25, 0.3) is 0 Å². The Labute approximate surface area is 95.8 Å². The first kappa shape index (κ1) is 12.5. The Morgan fingerprint density at radius 2 is 1.88 bits per heavy atom. The average Bonchev–Trinajstić information content (AvgIpc) is 2.94. The second-order valence-corrected chi connectivity index (χ2v) is 4.40. The molecule has 0 aromatic rings. The van der Waals surface area contributed by atoms with Crippen LogP contribution in [0.2, 0.25) is 0 Å². The monoisotopic (exact) mass is 222 g/mol. The Hall–Kier alpha value is -1.58. The van der Waals surface area contributed by atoms with Crippen LogP contribution in [0.3, 0.4) is 0 Å². The van der Waals surface area contributed by atoms with Crippen molar-refractivity contribution in [3.05, 3.63) is 23.5 Å². The fourth-order valence-electron chi connectivity index (χ4n) is 1.36. The van der Waals surface area contributed by atoms with Crippen molar-refractivity contribution in [3.63, 3.8) is 0 Å². The van der Waals surface area contributed by atoms with Gasteiger partial charge in [-0.25, -0.2) is 0 Å². The van der Waals surface area contributed by atoms with Crippen molar-refractivity contribution in [2.75, 3.05) is 14.1 Å². The Kier molecular flexibility index (Phi) is 3.88. The van der Waals surface area contributed by atoms with Crippen LogP contribution in [-0.2, 0) is 9.59 Å². The van der Waals surface area contributed by atoms with Crippen molar-refractivity contribution in [2.24, 2.45) is 11.7 Å². The number of nitrogens with two attached hydrogens (primary N) is 1. The van der Waals surface area contributed by atoms with Crippen molar-refractivity contribution < 1.29 is 9.59 Å². The van der Waals surface area contributed by atoms with Gasteiger partial charge in [-0.3, -0.25) is 9.59 Å². The predicted molar refractivity (Wildman–Crippen MR) is 62.5 cm³/mol. The van der Waals surface area contributed by atoms with Gasteiger partial charge in [0.05, 0.1) is 5.57 Å². The van der Waals surface area contributed by atoms with Crippen molar-refractivity contribution >= 4 is 11.6 Å². The maximum atomic E-state index is 11.9. The molecule has 0 amide bonds. The molecule has 1 rings (SSSR count). The summed E-state index contributed by atoms with van der Waals surface area (Å²) < 4.78 is 0. The maximum Gasteiger partial charge on any atom is 0.192 e. The van der Waals surface area contributed by atoms with Gasteiger partial charge in [0.1, 0.15) is 0 Å². The average molecular weight is 222 g/mol. The van der Waals surface area contributed by atoms with Gasteiger partial charge in [0.25, 0.3) is 0 Å². The standard InChI is InChI=1S/C12H18N2O2/c1-8(13)6-11(15)10(7-14(2)3)12(16)9-4-5-9/h6-7,9H,4-5,13H2,1-3H3/b8-6-,10-7-. The molecule has 1 aliphatic rings. The zero-order chi connectivity index (χ0) is 12.3. The molecule has 4 heteroatoms. The Bertz CT molecular complexity index is 359. The topological polar surface area (TPSA) is 63.4 Å². The first-order valence-corrected chi connectivity index (χ1v) is 5.32. The SMILES string of the molecule is C/C(N)=C/C(=O)/C(=C/N(C)C)C(=O)C1CC1. The van der Waals surface area contributed by atoms with Gasteiger partial charge < -0.3 is 10.6 Å².